The topological polar surface area (TPSA) is 58.6 Å². The van der Waals surface area contributed by atoms with Gasteiger partial charge in [0.2, 0.25) is 5.91 Å². The fourth-order valence-corrected chi connectivity index (χ4v) is 1.36. The Kier molecular flexibility index (Phi) is 9.24. The van der Waals surface area contributed by atoms with E-state index in [-0.39, 0.29) is 5.91 Å². The van der Waals surface area contributed by atoms with Crippen LogP contribution in [0.3, 0.4) is 0 Å². The zero-order valence-electron chi connectivity index (χ0n) is 10.7. The molecule has 1 amide bonds. The van der Waals surface area contributed by atoms with Crippen LogP contribution in [0, 0.1) is 5.92 Å². The zero-order valence-corrected chi connectivity index (χ0v) is 10.7. The summed E-state index contributed by atoms with van der Waals surface area (Å²) in [6, 6.07) is 0. The predicted molar refractivity (Wildman–Crippen MR) is 64.2 cm³/mol. The number of carbonyl (C=O) groups is 1. The first-order valence-corrected chi connectivity index (χ1v) is 6.08. The van der Waals surface area contributed by atoms with E-state index >= 15 is 0 Å². The largest absolute Gasteiger partial charge is 0.391 e. The van der Waals surface area contributed by atoms with Crippen LogP contribution in [0.2, 0.25) is 0 Å². The van der Waals surface area contributed by atoms with Gasteiger partial charge in [-0.15, -0.1) is 0 Å². The minimum atomic E-state index is -0.444. The average molecular weight is 231 g/mol. The summed E-state index contributed by atoms with van der Waals surface area (Å²) >= 11 is 0. The monoisotopic (exact) mass is 231 g/mol. The van der Waals surface area contributed by atoms with Gasteiger partial charge in [0.25, 0.3) is 0 Å². The van der Waals surface area contributed by atoms with E-state index < -0.39 is 6.10 Å². The SMILES string of the molecule is CCCOCCC(=O)NCC(O)CC(C)C. The summed E-state index contributed by atoms with van der Waals surface area (Å²) in [6.45, 7) is 7.61. The van der Waals surface area contributed by atoms with Crippen LogP contribution in [0.5, 0.6) is 0 Å². The molecule has 0 bridgehead atoms. The molecule has 4 heteroatoms. The third-order valence-electron chi connectivity index (χ3n) is 2.10. The maximum atomic E-state index is 11.3. The summed E-state index contributed by atoms with van der Waals surface area (Å²) in [5.41, 5.74) is 0. The van der Waals surface area contributed by atoms with Crippen molar-refractivity contribution in [2.24, 2.45) is 5.92 Å². The predicted octanol–water partition coefficient (Wildman–Crippen LogP) is 1.33. The van der Waals surface area contributed by atoms with Crippen LogP contribution in [-0.2, 0) is 9.53 Å². The lowest BCUT2D eigenvalue weighted by Gasteiger charge is -2.13. The number of aliphatic hydroxyl groups excluding tert-OH is 1. The molecule has 0 aromatic heterocycles. The van der Waals surface area contributed by atoms with Gasteiger partial charge in [0.15, 0.2) is 0 Å². The Morgan fingerprint density at radius 2 is 2.06 bits per heavy atom. The quantitative estimate of drug-likeness (QED) is 0.588. The lowest BCUT2D eigenvalue weighted by Crippen LogP contribution is -2.33. The first-order valence-electron chi connectivity index (χ1n) is 6.08. The van der Waals surface area contributed by atoms with Gasteiger partial charge < -0.3 is 15.2 Å². The Labute approximate surface area is 98.4 Å². The van der Waals surface area contributed by atoms with Gasteiger partial charge in [0.1, 0.15) is 0 Å². The molecule has 0 aliphatic heterocycles. The molecule has 0 aliphatic rings. The zero-order chi connectivity index (χ0) is 12.4. The summed E-state index contributed by atoms with van der Waals surface area (Å²) < 4.78 is 5.20. The van der Waals surface area contributed by atoms with Crippen molar-refractivity contribution >= 4 is 5.91 Å². The summed E-state index contributed by atoms with van der Waals surface area (Å²) in [6.07, 6.45) is 1.61. The van der Waals surface area contributed by atoms with Crippen LogP contribution >= 0.6 is 0 Å². The molecule has 0 aromatic rings. The van der Waals surface area contributed by atoms with Crippen molar-refractivity contribution in [3.63, 3.8) is 0 Å². The van der Waals surface area contributed by atoms with Gasteiger partial charge in [0.05, 0.1) is 12.7 Å². The Balaban J connectivity index is 3.42. The van der Waals surface area contributed by atoms with Crippen molar-refractivity contribution in [2.75, 3.05) is 19.8 Å². The maximum absolute atomic E-state index is 11.3. The molecule has 1 unspecified atom stereocenters. The molecule has 16 heavy (non-hydrogen) atoms. The van der Waals surface area contributed by atoms with Crippen LogP contribution in [0.4, 0.5) is 0 Å². The van der Waals surface area contributed by atoms with Crippen molar-refractivity contribution in [1.82, 2.24) is 5.32 Å². The van der Waals surface area contributed by atoms with E-state index in [0.717, 1.165) is 6.42 Å². The highest BCUT2D eigenvalue weighted by atomic mass is 16.5. The van der Waals surface area contributed by atoms with Crippen molar-refractivity contribution in [2.45, 2.75) is 46.1 Å². The fourth-order valence-electron chi connectivity index (χ4n) is 1.36. The molecule has 0 saturated carbocycles. The van der Waals surface area contributed by atoms with Crippen LogP contribution < -0.4 is 5.32 Å². The number of amides is 1. The van der Waals surface area contributed by atoms with Crippen molar-refractivity contribution in [3.05, 3.63) is 0 Å². The number of aliphatic hydroxyl groups is 1. The highest BCUT2D eigenvalue weighted by molar-refractivity contribution is 5.75. The van der Waals surface area contributed by atoms with Crippen molar-refractivity contribution in [1.29, 1.82) is 0 Å². The van der Waals surface area contributed by atoms with Gasteiger partial charge in [-0.25, -0.2) is 0 Å². The molecular weight excluding hydrogens is 206 g/mol. The van der Waals surface area contributed by atoms with Crippen molar-refractivity contribution in [3.8, 4) is 0 Å². The fraction of sp³-hybridized carbons (Fsp3) is 0.917. The molecule has 96 valence electrons. The molecule has 1 atom stereocenters. The molecular formula is C12H25NO3. The first kappa shape index (κ1) is 15.4. The number of hydrogen-bond acceptors (Lipinski definition) is 3. The van der Waals surface area contributed by atoms with Crippen LogP contribution in [-0.4, -0.2) is 36.9 Å². The van der Waals surface area contributed by atoms with E-state index in [1.54, 1.807) is 0 Å². The van der Waals surface area contributed by atoms with E-state index in [4.69, 9.17) is 4.74 Å². The Hall–Kier alpha value is -0.610. The van der Waals surface area contributed by atoms with Crippen LogP contribution in [0.1, 0.15) is 40.0 Å². The second-order valence-corrected chi connectivity index (χ2v) is 4.45. The van der Waals surface area contributed by atoms with E-state index in [2.05, 4.69) is 5.32 Å². The molecule has 2 N–H and O–H groups in total. The maximum Gasteiger partial charge on any atom is 0.222 e. The summed E-state index contributed by atoms with van der Waals surface area (Å²) in [5, 5.41) is 12.2. The van der Waals surface area contributed by atoms with Gasteiger partial charge in [-0.2, -0.15) is 0 Å². The van der Waals surface area contributed by atoms with E-state index in [0.29, 0.717) is 38.5 Å². The van der Waals surface area contributed by atoms with Gasteiger partial charge >= 0.3 is 0 Å². The van der Waals surface area contributed by atoms with E-state index in [1.165, 1.54) is 0 Å². The van der Waals surface area contributed by atoms with Crippen LogP contribution in [0.25, 0.3) is 0 Å². The minimum Gasteiger partial charge on any atom is -0.391 e. The highest BCUT2D eigenvalue weighted by Gasteiger charge is 2.08. The molecule has 0 fully saturated rings. The molecule has 0 heterocycles. The number of ether oxygens (including phenoxy) is 1. The van der Waals surface area contributed by atoms with Crippen LogP contribution in [0.15, 0.2) is 0 Å². The summed E-state index contributed by atoms with van der Waals surface area (Å²) in [5.74, 6) is 0.388. The average Bonchev–Trinajstić information content (AvgIpc) is 2.20. The molecule has 0 saturated heterocycles. The number of rotatable bonds is 9. The number of carbonyl (C=O) groups excluding carboxylic acids is 1. The Morgan fingerprint density at radius 3 is 2.62 bits per heavy atom. The molecule has 0 rings (SSSR count). The van der Waals surface area contributed by atoms with E-state index in [1.807, 2.05) is 20.8 Å². The molecule has 0 radical (unpaired) electrons. The summed E-state index contributed by atoms with van der Waals surface area (Å²) in [7, 11) is 0. The molecule has 4 nitrogen and oxygen atoms in total. The third-order valence-corrected chi connectivity index (χ3v) is 2.10. The van der Waals surface area contributed by atoms with Gasteiger partial charge in [-0.1, -0.05) is 20.8 Å². The third kappa shape index (κ3) is 9.93. The molecule has 0 spiro atoms. The normalized spacial score (nSPS) is 12.8. The van der Waals surface area contributed by atoms with Gasteiger partial charge in [-0.3, -0.25) is 4.79 Å². The lowest BCUT2D eigenvalue weighted by atomic mass is 10.1. The second kappa shape index (κ2) is 9.60. The first-order chi connectivity index (χ1) is 7.56. The minimum absolute atomic E-state index is 0.0566. The lowest BCUT2D eigenvalue weighted by molar-refractivity contribution is -0.122. The molecule has 0 aliphatic carbocycles. The number of nitrogens with one attached hydrogen (secondary N) is 1. The summed E-state index contributed by atoms with van der Waals surface area (Å²) in [4.78, 5) is 11.3. The number of hydrogen-bond donors (Lipinski definition) is 2. The van der Waals surface area contributed by atoms with Gasteiger partial charge in [-0.05, 0) is 18.8 Å². The van der Waals surface area contributed by atoms with Gasteiger partial charge in [0, 0.05) is 19.6 Å². The highest BCUT2D eigenvalue weighted by Crippen LogP contribution is 2.03. The molecule has 0 aromatic carbocycles. The standard InChI is InChI=1S/C12H25NO3/c1-4-6-16-7-5-12(15)13-9-11(14)8-10(2)3/h10-11,14H,4-9H2,1-3H3,(H,13,15). The smallest absolute Gasteiger partial charge is 0.222 e. The Morgan fingerprint density at radius 1 is 1.38 bits per heavy atom. The Bertz CT molecular complexity index is 183. The second-order valence-electron chi connectivity index (χ2n) is 4.45. The van der Waals surface area contributed by atoms with E-state index in [9.17, 15) is 9.90 Å². The van der Waals surface area contributed by atoms with Crippen molar-refractivity contribution < 1.29 is 14.6 Å².